The largest absolute Gasteiger partial charge is 0.493 e. The molecule has 1 heterocycles. The van der Waals surface area contributed by atoms with E-state index in [1.54, 1.807) is 19.1 Å². The lowest BCUT2D eigenvalue weighted by Crippen LogP contribution is -2.64. The maximum Gasteiger partial charge on any atom is 0.385 e. The first-order chi connectivity index (χ1) is 9.68. The molecule has 0 N–H and O–H groups in total. The molecule has 0 amide bonds. The van der Waals surface area contributed by atoms with Crippen LogP contribution >= 0.6 is 0 Å². The summed E-state index contributed by atoms with van der Waals surface area (Å²) in [6.45, 7) is 2.96. The Morgan fingerprint density at radius 3 is 2.19 bits per heavy atom. The van der Waals surface area contributed by atoms with E-state index in [2.05, 4.69) is 4.29 Å². The second-order valence-electron chi connectivity index (χ2n) is 4.55. The molecule has 8 heteroatoms. The number of ether oxygens (including phenoxy) is 3. The average Bonchev–Trinajstić information content (AvgIpc) is 2.34. The molecule has 1 atom stereocenters. The van der Waals surface area contributed by atoms with Gasteiger partial charge in [-0.2, -0.15) is 14.0 Å². The summed E-state index contributed by atoms with van der Waals surface area (Å²) in [5.41, 5.74) is 0.954. The Hall–Kier alpha value is -1.51. The maximum absolute atomic E-state index is 10.9. The third-order valence-electron chi connectivity index (χ3n) is 3.00. The predicted molar refractivity (Wildman–Crippen MR) is 62.7 cm³/mol. The molecule has 1 aliphatic heterocycles. The van der Waals surface area contributed by atoms with Crippen LogP contribution in [0.3, 0.4) is 0 Å². The molecule has 0 saturated carbocycles. The van der Waals surface area contributed by atoms with Gasteiger partial charge in [0.25, 0.3) is 0 Å². The fourth-order valence-corrected chi connectivity index (χ4v) is 2.73. The monoisotopic (exact) mass is 318 g/mol. The van der Waals surface area contributed by atoms with Crippen molar-refractivity contribution in [3.63, 3.8) is 0 Å². The fourth-order valence-electron chi connectivity index (χ4n) is 2.26. The second kappa shape index (κ2) is 5.36. The molecule has 1 aliphatic rings. The van der Waals surface area contributed by atoms with Crippen LogP contribution in [0.4, 0.5) is 0 Å². The Bertz CT molecular complexity index is 579. The summed E-state index contributed by atoms with van der Waals surface area (Å²) in [5, 5.41) is 0. The minimum atomic E-state index is -4.67. The van der Waals surface area contributed by atoms with Gasteiger partial charge in [-0.3, -0.25) is 0 Å². The van der Waals surface area contributed by atoms with Crippen LogP contribution in [0.2, 0.25) is 0 Å². The van der Waals surface area contributed by atoms with Crippen LogP contribution < -0.4 is 23.5 Å². The molecule has 2 rings (SSSR count). The van der Waals surface area contributed by atoms with Gasteiger partial charge in [-0.15, -0.1) is 0 Å². The number of allylic oxidation sites excluding steroid dienone is 1. The minimum Gasteiger partial charge on any atom is -0.493 e. The van der Waals surface area contributed by atoms with Gasteiger partial charge >= 0.3 is 5.79 Å². The Labute approximate surface area is 124 Å². The summed E-state index contributed by atoms with van der Waals surface area (Å²) < 4.78 is 53.1. The number of halogens is 1. The molecule has 7 nitrogen and oxygen atoms in total. The van der Waals surface area contributed by atoms with Gasteiger partial charge in [0.1, 0.15) is 4.29 Å². The summed E-state index contributed by atoms with van der Waals surface area (Å²) >= 11 is 0. The number of methoxy groups -OCH3 is 2. The zero-order valence-corrected chi connectivity index (χ0v) is 12.7. The van der Waals surface area contributed by atoms with Gasteiger partial charge in [-0.05, 0) is 30.7 Å². The average molecular weight is 319 g/mol. The summed E-state index contributed by atoms with van der Waals surface area (Å²) in [5.74, 6) is -0.540. The van der Waals surface area contributed by atoms with Crippen molar-refractivity contribution in [2.75, 3.05) is 14.2 Å². The van der Waals surface area contributed by atoms with Gasteiger partial charge in [0.15, 0.2) is 11.5 Å². The Kier molecular flexibility index (Phi) is 4.05. The lowest BCUT2D eigenvalue weighted by atomic mass is 9.96. The molecule has 0 fully saturated rings. The number of rotatable bonds is 4. The van der Waals surface area contributed by atoms with Crippen molar-refractivity contribution in [2.45, 2.75) is 19.6 Å². The van der Waals surface area contributed by atoms with E-state index in [1.807, 2.05) is 0 Å². The SMILES string of the molecule is COc1cc2c(cc1OC)C(C)(O[Cl+3]([O-])([O-])[O-])OC(C)=C2. The van der Waals surface area contributed by atoms with Crippen molar-refractivity contribution in [2.24, 2.45) is 0 Å². The molecule has 1 aromatic carbocycles. The predicted octanol–water partition coefficient (Wildman–Crippen LogP) is -0.819. The molecule has 116 valence electrons. The molecule has 0 spiro atoms. The van der Waals surface area contributed by atoms with Crippen LogP contribution in [-0.4, -0.2) is 14.2 Å². The summed E-state index contributed by atoms with van der Waals surface area (Å²) in [6, 6.07) is 3.16. The molecule has 1 unspecified atom stereocenters. The molecule has 0 bridgehead atoms. The topological polar surface area (TPSA) is 106 Å². The molecule has 1 aromatic rings. The van der Waals surface area contributed by atoms with Crippen LogP contribution in [0.15, 0.2) is 17.9 Å². The van der Waals surface area contributed by atoms with E-state index < -0.39 is 16.0 Å². The zero-order valence-electron chi connectivity index (χ0n) is 12.0. The molecule has 21 heavy (non-hydrogen) atoms. The second-order valence-corrected chi connectivity index (χ2v) is 5.46. The smallest absolute Gasteiger partial charge is 0.385 e. The van der Waals surface area contributed by atoms with E-state index in [0.717, 1.165) is 0 Å². The lowest BCUT2D eigenvalue weighted by Gasteiger charge is -2.31. The van der Waals surface area contributed by atoms with Gasteiger partial charge in [0, 0.05) is 6.92 Å². The van der Waals surface area contributed by atoms with Gasteiger partial charge in [0.05, 0.1) is 35.8 Å². The lowest BCUT2D eigenvalue weighted by molar-refractivity contribution is -1.92. The van der Waals surface area contributed by atoms with Crippen LogP contribution in [0.25, 0.3) is 6.08 Å². The van der Waals surface area contributed by atoms with Crippen molar-refractivity contribution >= 4 is 6.08 Å². The van der Waals surface area contributed by atoms with Crippen LogP contribution in [0.1, 0.15) is 25.0 Å². The minimum absolute atomic E-state index is 0.345. The standard InChI is InChI=1S/C13H15ClO7/c1-8-5-9-6-11(18-3)12(19-4)7-10(9)13(2,20-8)21-14(15,16)17/h5-7H,1-4H3. The van der Waals surface area contributed by atoms with Gasteiger partial charge in [0.2, 0.25) is 0 Å². The first kappa shape index (κ1) is 15.9. The van der Waals surface area contributed by atoms with E-state index in [0.29, 0.717) is 28.4 Å². The van der Waals surface area contributed by atoms with Gasteiger partial charge in [-0.25, -0.2) is 0 Å². The number of hydrogen-bond acceptors (Lipinski definition) is 7. The first-order valence-corrected chi connectivity index (χ1v) is 7.17. The highest BCUT2D eigenvalue weighted by Gasteiger charge is 2.49. The Morgan fingerprint density at radius 2 is 1.67 bits per heavy atom. The van der Waals surface area contributed by atoms with Gasteiger partial charge < -0.3 is 14.2 Å². The number of hydrogen-bond donors (Lipinski definition) is 0. The van der Waals surface area contributed by atoms with Crippen molar-refractivity contribution in [3.8, 4) is 11.5 Å². The molecule has 0 radical (unpaired) electrons. The van der Waals surface area contributed by atoms with Crippen molar-refractivity contribution in [1.29, 1.82) is 0 Å². The molecular weight excluding hydrogens is 304 g/mol. The highest BCUT2D eigenvalue weighted by molar-refractivity contribution is 5.64. The summed E-state index contributed by atoms with van der Waals surface area (Å²) in [4.78, 5) is 0. The maximum atomic E-state index is 10.9. The van der Waals surface area contributed by atoms with Gasteiger partial charge in [-0.1, -0.05) is 0 Å². The van der Waals surface area contributed by atoms with Crippen LogP contribution in [-0.2, 0) is 14.8 Å². The van der Waals surface area contributed by atoms with Crippen molar-refractivity contribution < 1.29 is 42.7 Å². The molecule has 0 aliphatic carbocycles. The molecule has 0 aromatic heterocycles. The van der Waals surface area contributed by atoms with Crippen LogP contribution in [0.5, 0.6) is 11.5 Å². The highest BCUT2D eigenvalue weighted by Crippen LogP contribution is 2.43. The quantitative estimate of drug-likeness (QED) is 0.714. The van der Waals surface area contributed by atoms with E-state index in [1.165, 1.54) is 27.2 Å². The normalized spacial score (nSPS) is 21.2. The molecule has 0 saturated heterocycles. The fraction of sp³-hybridized carbons (Fsp3) is 0.385. The van der Waals surface area contributed by atoms with Crippen molar-refractivity contribution in [3.05, 3.63) is 29.0 Å². The summed E-state index contributed by atoms with van der Waals surface area (Å²) in [7, 11) is -1.74. The van der Waals surface area contributed by atoms with E-state index in [4.69, 9.17) is 14.2 Å². The Morgan fingerprint density at radius 1 is 1.10 bits per heavy atom. The number of benzene rings is 1. The van der Waals surface area contributed by atoms with Crippen LogP contribution in [0, 0.1) is 10.2 Å². The first-order valence-electron chi connectivity index (χ1n) is 5.94. The summed E-state index contributed by atoms with van der Waals surface area (Å²) in [6.07, 6.45) is 1.68. The number of fused-ring (bicyclic) bond motifs is 1. The van der Waals surface area contributed by atoms with E-state index in [9.17, 15) is 14.0 Å². The molecular formula is C13H15ClO7. The third kappa shape index (κ3) is 3.22. The Balaban J connectivity index is 2.59. The third-order valence-corrected chi connectivity index (χ3v) is 3.48. The highest BCUT2D eigenvalue weighted by atomic mass is 35.7. The van der Waals surface area contributed by atoms with E-state index >= 15 is 0 Å². The zero-order chi connectivity index (χ0) is 15.8. The van der Waals surface area contributed by atoms with Crippen molar-refractivity contribution in [1.82, 2.24) is 0 Å². The van der Waals surface area contributed by atoms with E-state index in [-0.39, 0.29) is 0 Å².